The molecule has 0 fully saturated rings. The summed E-state index contributed by atoms with van der Waals surface area (Å²) in [5.74, 6) is 0.551. The average Bonchev–Trinajstić information content (AvgIpc) is 4.03. The van der Waals surface area contributed by atoms with Gasteiger partial charge < -0.3 is 18.3 Å². The van der Waals surface area contributed by atoms with Crippen molar-refractivity contribution in [1.29, 1.82) is 0 Å². The van der Waals surface area contributed by atoms with Gasteiger partial charge in [-0.25, -0.2) is 4.98 Å². The summed E-state index contributed by atoms with van der Waals surface area (Å²) in [5.41, 5.74) is 12.8. The van der Waals surface area contributed by atoms with Crippen molar-refractivity contribution in [2.24, 2.45) is 7.05 Å². The van der Waals surface area contributed by atoms with Crippen LogP contribution in [0.2, 0.25) is 0 Å². The number of hydrogen-bond donors (Lipinski definition) is 0. The van der Waals surface area contributed by atoms with E-state index in [2.05, 4.69) is 182 Å². The van der Waals surface area contributed by atoms with Gasteiger partial charge in [-0.05, 0) is 97.1 Å². The van der Waals surface area contributed by atoms with Crippen LogP contribution in [-0.4, -0.2) is 14.1 Å². The maximum atomic E-state index is 6.59. The Morgan fingerprint density at radius 3 is 1.78 bits per heavy atom. The highest BCUT2D eigenvalue weighted by atomic mass is 16.4. The Balaban J connectivity index is 0.960. The molecule has 0 N–H and O–H groups in total. The first-order valence-corrected chi connectivity index (χ1v) is 19.4. The lowest BCUT2D eigenvalue weighted by atomic mass is 10.1. The molecule has 0 radical (unpaired) electrons. The molecule has 0 aliphatic carbocycles. The van der Waals surface area contributed by atoms with Crippen LogP contribution in [0.5, 0.6) is 0 Å². The molecule has 274 valence electrons. The number of aryl methyl sites for hydroxylation is 1. The number of fused-ring (bicyclic) bond motifs is 8. The van der Waals surface area contributed by atoms with Gasteiger partial charge in [0.2, 0.25) is 5.89 Å². The van der Waals surface area contributed by atoms with Gasteiger partial charge in [0.25, 0.3) is 0 Å². The van der Waals surface area contributed by atoms with E-state index in [1.165, 1.54) is 27.1 Å². The number of anilines is 3. The van der Waals surface area contributed by atoms with Crippen LogP contribution in [0.1, 0.15) is 0 Å². The summed E-state index contributed by atoms with van der Waals surface area (Å²) in [6, 6.07) is 66.4. The van der Waals surface area contributed by atoms with E-state index in [1.54, 1.807) is 0 Å². The predicted octanol–water partition coefficient (Wildman–Crippen LogP) is 12.7. The van der Waals surface area contributed by atoms with E-state index in [-0.39, 0.29) is 0 Å². The monoisotopic (exact) mass is 748 g/mol. The van der Waals surface area contributed by atoms with E-state index >= 15 is 0 Å². The first-order chi connectivity index (χ1) is 28.7. The zero-order chi connectivity index (χ0) is 38.3. The minimum atomic E-state index is 0.551. The number of oxazole rings is 2. The Bertz CT molecular complexity index is 3490. The van der Waals surface area contributed by atoms with E-state index in [0.29, 0.717) is 11.5 Å². The summed E-state index contributed by atoms with van der Waals surface area (Å²) in [6.45, 7) is 0. The van der Waals surface area contributed by atoms with Crippen molar-refractivity contribution in [2.45, 2.75) is 0 Å². The molecule has 0 amide bonds. The van der Waals surface area contributed by atoms with Crippen molar-refractivity contribution in [1.82, 2.24) is 14.1 Å². The second-order valence-corrected chi connectivity index (χ2v) is 14.7. The third-order valence-electron chi connectivity index (χ3n) is 11.4. The number of hydrogen-bond acceptors (Lipinski definition) is 4. The molecule has 0 aliphatic rings. The third kappa shape index (κ3) is 4.86. The summed E-state index contributed by atoms with van der Waals surface area (Å²) in [6.07, 6.45) is 0. The summed E-state index contributed by atoms with van der Waals surface area (Å²) >= 11 is 0. The molecule has 7 heteroatoms. The number of para-hydroxylation sites is 5. The van der Waals surface area contributed by atoms with Crippen molar-refractivity contribution in [3.63, 3.8) is 0 Å². The van der Waals surface area contributed by atoms with Crippen LogP contribution in [0.3, 0.4) is 0 Å². The molecule has 4 aromatic heterocycles. The van der Waals surface area contributed by atoms with Crippen LogP contribution in [0.25, 0.3) is 89.0 Å². The van der Waals surface area contributed by atoms with Crippen LogP contribution >= 0.6 is 0 Å². The fourth-order valence-electron chi connectivity index (χ4n) is 8.75. The number of rotatable bonds is 6. The van der Waals surface area contributed by atoms with Crippen molar-refractivity contribution in [3.05, 3.63) is 188 Å². The van der Waals surface area contributed by atoms with Gasteiger partial charge in [-0.1, -0.05) is 78.9 Å². The molecular weight excluding hydrogens is 715 g/mol. The van der Waals surface area contributed by atoms with Gasteiger partial charge in [-0.2, -0.15) is 9.13 Å². The number of nitrogens with zero attached hydrogens (tertiary/aromatic N) is 5. The van der Waals surface area contributed by atoms with Gasteiger partial charge in [-0.3, -0.25) is 0 Å². The molecule has 8 aromatic carbocycles. The van der Waals surface area contributed by atoms with Crippen molar-refractivity contribution in [2.75, 3.05) is 4.90 Å². The highest BCUT2D eigenvalue weighted by molar-refractivity contribution is 6.11. The number of benzene rings is 8. The molecule has 12 rings (SSSR count). The van der Waals surface area contributed by atoms with Crippen molar-refractivity contribution >= 4 is 82.9 Å². The molecule has 0 atom stereocenters. The maximum Gasteiger partial charge on any atom is 0.467 e. The van der Waals surface area contributed by atoms with E-state index in [0.717, 1.165) is 67.5 Å². The molecule has 0 unspecified atom stereocenters. The van der Waals surface area contributed by atoms with E-state index in [1.807, 2.05) is 31.3 Å². The smallest absolute Gasteiger partial charge is 0.436 e. The molecule has 0 saturated heterocycles. The van der Waals surface area contributed by atoms with Gasteiger partial charge in [-0.15, -0.1) is 0 Å². The molecular formula is C51H34N5O2+. The Hall–Kier alpha value is -7.90. The van der Waals surface area contributed by atoms with Crippen molar-refractivity contribution < 1.29 is 13.4 Å². The van der Waals surface area contributed by atoms with Crippen LogP contribution in [-0.2, 0) is 7.05 Å². The lowest BCUT2D eigenvalue weighted by molar-refractivity contribution is -0.643. The Kier molecular flexibility index (Phi) is 7.01. The topological polar surface area (TPSA) is 56.2 Å². The summed E-state index contributed by atoms with van der Waals surface area (Å²) in [4.78, 5) is 7.26. The molecule has 0 saturated carbocycles. The van der Waals surface area contributed by atoms with Crippen molar-refractivity contribution in [3.8, 4) is 23.2 Å². The maximum absolute atomic E-state index is 6.59. The van der Waals surface area contributed by atoms with E-state index < -0.39 is 0 Å². The quantitative estimate of drug-likeness (QED) is 0.159. The Morgan fingerprint density at radius 1 is 0.466 bits per heavy atom. The SMILES string of the molecule is C[n+]1c(-n2c3ccccc3c3ccccc32)oc2ccc(-c3nc4ccc(N(c5ccccc5)c5ccc6c(c5)c5ccccc5n6-c5ccccc5)cc4o3)cc21. The van der Waals surface area contributed by atoms with Gasteiger partial charge in [0, 0.05) is 62.0 Å². The molecule has 7 nitrogen and oxygen atoms in total. The van der Waals surface area contributed by atoms with Crippen LogP contribution in [0, 0.1) is 0 Å². The zero-order valence-electron chi connectivity index (χ0n) is 31.5. The normalized spacial score (nSPS) is 11.9. The lowest BCUT2D eigenvalue weighted by Crippen LogP contribution is -2.31. The summed E-state index contributed by atoms with van der Waals surface area (Å²) < 4.78 is 19.8. The fourth-order valence-corrected chi connectivity index (χ4v) is 8.75. The fraction of sp³-hybridized carbons (Fsp3) is 0.0196. The van der Waals surface area contributed by atoms with Crippen LogP contribution in [0.4, 0.5) is 17.1 Å². The molecule has 0 bridgehead atoms. The second kappa shape index (κ2) is 12.6. The Labute approximate surface area is 332 Å². The van der Waals surface area contributed by atoms with E-state index in [9.17, 15) is 0 Å². The first-order valence-electron chi connectivity index (χ1n) is 19.4. The van der Waals surface area contributed by atoms with Crippen LogP contribution < -0.4 is 9.47 Å². The van der Waals surface area contributed by atoms with Crippen LogP contribution in [0.15, 0.2) is 197 Å². The third-order valence-corrected chi connectivity index (χ3v) is 11.4. The molecule has 4 heterocycles. The van der Waals surface area contributed by atoms with Gasteiger partial charge in [0.1, 0.15) is 16.6 Å². The molecule has 12 aromatic rings. The average molecular weight is 749 g/mol. The molecule has 0 spiro atoms. The second-order valence-electron chi connectivity index (χ2n) is 14.7. The highest BCUT2D eigenvalue weighted by Gasteiger charge is 2.27. The predicted molar refractivity (Wildman–Crippen MR) is 234 cm³/mol. The largest absolute Gasteiger partial charge is 0.467 e. The van der Waals surface area contributed by atoms with Gasteiger partial charge in [0.05, 0.1) is 18.1 Å². The minimum absolute atomic E-state index is 0.551. The minimum Gasteiger partial charge on any atom is -0.436 e. The van der Waals surface area contributed by atoms with Gasteiger partial charge in [0.15, 0.2) is 16.7 Å². The summed E-state index contributed by atoms with van der Waals surface area (Å²) in [5, 5.41) is 4.76. The lowest BCUT2D eigenvalue weighted by Gasteiger charge is -2.25. The molecule has 0 aliphatic heterocycles. The standard InChI is InChI=1S/C51H34N5O2/c1-53-47-30-33(24-29-48(47)58-51(53)56-44-22-12-8-18-38(44)39-19-9-13-23-45(39)56)50-52-42-27-25-37(32-49(42)57-50)54(34-14-4-2-5-15-34)36-26-28-46-41(31-36)40-20-10-11-21-43(40)55(46)35-16-6-3-7-17-35/h2-32H,1H3/q+1. The summed E-state index contributed by atoms with van der Waals surface area (Å²) in [7, 11) is 2.04. The highest BCUT2D eigenvalue weighted by Crippen LogP contribution is 2.41. The molecule has 58 heavy (non-hydrogen) atoms. The van der Waals surface area contributed by atoms with E-state index in [4.69, 9.17) is 13.8 Å². The van der Waals surface area contributed by atoms with Gasteiger partial charge >= 0.3 is 6.01 Å². The zero-order valence-corrected chi connectivity index (χ0v) is 31.5. The number of aromatic nitrogens is 4. The Morgan fingerprint density at radius 2 is 1.05 bits per heavy atom. The first kappa shape index (κ1) is 32.4.